The number of alkyl halides is 6. The Kier molecular flexibility index (Phi) is 12.3. The van der Waals surface area contributed by atoms with Gasteiger partial charge in [-0.3, -0.25) is 15.0 Å². The molecule has 1 aliphatic rings. The second kappa shape index (κ2) is 15.2. The normalized spacial score (nSPS) is 15.7. The maximum atomic E-state index is 13.7. The average molecular weight is 621 g/mol. The van der Waals surface area contributed by atoms with Gasteiger partial charge >= 0.3 is 18.3 Å². The second-order valence-corrected chi connectivity index (χ2v) is 9.36. The number of amides is 2. The fraction of sp³-hybridized carbons (Fsp3) is 0.407. The van der Waals surface area contributed by atoms with Crippen LogP contribution in [0.15, 0.2) is 42.5 Å². The number of hydrogen-bond acceptors (Lipinski definition) is 6. The van der Waals surface area contributed by atoms with Crippen molar-refractivity contribution in [1.82, 2.24) is 5.32 Å². The molecular formula is C27H30F6N4O6. The molecule has 3 rings (SSSR count). The monoisotopic (exact) mass is 620 g/mol. The van der Waals surface area contributed by atoms with Crippen LogP contribution >= 0.6 is 0 Å². The number of carbonyl (C=O) groups is 3. The Morgan fingerprint density at radius 2 is 1.70 bits per heavy atom. The van der Waals surface area contributed by atoms with Crippen LogP contribution in [0.2, 0.25) is 0 Å². The van der Waals surface area contributed by atoms with E-state index in [4.69, 9.17) is 30.5 Å². The first-order valence-electron chi connectivity index (χ1n) is 12.8. The third-order valence-corrected chi connectivity index (χ3v) is 5.93. The summed E-state index contributed by atoms with van der Waals surface area (Å²) in [6, 6.07) is 9.03. The number of nitrogens with one attached hydrogen (secondary N) is 3. The lowest BCUT2D eigenvalue weighted by Crippen LogP contribution is -2.30. The van der Waals surface area contributed by atoms with Gasteiger partial charge in [0.1, 0.15) is 24.6 Å². The first-order valence-corrected chi connectivity index (χ1v) is 12.8. The molecule has 1 saturated heterocycles. The number of ether oxygens (including phenoxy) is 2. The molecule has 2 aromatic rings. The van der Waals surface area contributed by atoms with Gasteiger partial charge in [0, 0.05) is 17.9 Å². The van der Waals surface area contributed by atoms with Crippen LogP contribution in [-0.2, 0) is 25.3 Å². The van der Waals surface area contributed by atoms with E-state index in [1.54, 1.807) is 12.1 Å². The molecule has 6 N–H and O–H groups in total. The molecule has 2 amide bonds. The van der Waals surface area contributed by atoms with E-state index in [1.165, 1.54) is 31.2 Å². The number of carboxylic acids is 1. The van der Waals surface area contributed by atoms with E-state index in [9.17, 15) is 35.9 Å². The molecule has 43 heavy (non-hydrogen) atoms. The van der Waals surface area contributed by atoms with E-state index in [-0.39, 0.29) is 29.9 Å². The molecule has 2 atom stereocenters. The lowest BCUT2D eigenvalue weighted by Gasteiger charge is -2.24. The van der Waals surface area contributed by atoms with Crippen LogP contribution in [0.25, 0.3) is 0 Å². The summed E-state index contributed by atoms with van der Waals surface area (Å²) >= 11 is 0. The molecule has 0 aliphatic carbocycles. The van der Waals surface area contributed by atoms with E-state index in [0.717, 1.165) is 25.3 Å². The highest BCUT2D eigenvalue weighted by Crippen LogP contribution is 2.38. The van der Waals surface area contributed by atoms with Crippen LogP contribution in [0, 0.1) is 5.41 Å². The van der Waals surface area contributed by atoms with E-state index in [2.05, 4.69) is 10.6 Å². The van der Waals surface area contributed by atoms with Crippen molar-refractivity contribution < 1.29 is 55.3 Å². The predicted molar refractivity (Wildman–Crippen MR) is 141 cm³/mol. The summed E-state index contributed by atoms with van der Waals surface area (Å²) in [5.74, 6) is -4.42. The average Bonchev–Trinajstić information content (AvgIpc) is 2.91. The first-order chi connectivity index (χ1) is 20.0. The molecule has 2 unspecified atom stereocenters. The quantitative estimate of drug-likeness (QED) is 0.117. The molecule has 1 fully saturated rings. The van der Waals surface area contributed by atoms with E-state index in [0.29, 0.717) is 17.9 Å². The zero-order valence-corrected chi connectivity index (χ0v) is 22.8. The van der Waals surface area contributed by atoms with Gasteiger partial charge in [0.05, 0.1) is 17.7 Å². The van der Waals surface area contributed by atoms with Crippen molar-refractivity contribution in [2.45, 2.75) is 57.1 Å². The molecule has 0 spiro atoms. The lowest BCUT2D eigenvalue weighted by atomic mass is 10.0. The number of aliphatic carboxylic acids is 1. The van der Waals surface area contributed by atoms with Gasteiger partial charge in [-0.05, 0) is 68.1 Å². The van der Waals surface area contributed by atoms with Gasteiger partial charge in [0.25, 0.3) is 0 Å². The molecule has 10 nitrogen and oxygen atoms in total. The SMILES string of the molecule is CC(NC(=O)CC(=O)Nc1ccc(C(=N)N)cc1)c1ccc(OCC2CCCCO2)c(C(F)(F)F)c1.O=C(O)C(F)(F)F. The zero-order chi connectivity index (χ0) is 32.4. The summed E-state index contributed by atoms with van der Waals surface area (Å²) in [6.07, 6.45) is -7.89. The van der Waals surface area contributed by atoms with Gasteiger partial charge in [-0.1, -0.05) is 6.07 Å². The molecule has 1 aliphatic heterocycles. The van der Waals surface area contributed by atoms with Crippen molar-refractivity contribution in [3.05, 3.63) is 59.2 Å². The minimum absolute atomic E-state index is 0.0291. The number of rotatable bonds is 9. The molecule has 0 bridgehead atoms. The standard InChI is InChI=1S/C25H29F3N4O4.C2HF3O2/c1-15(31-22(33)13-23(34)32-18-8-5-16(6-9-18)24(29)30)17-7-10-21(20(12-17)25(26,27)28)36-14-19-4-2-3-11-35-19;3-2(4,5)1(6)7/h5-10,12,15,19H,2-4,11,13-14H2,1H3,(H3,29,30)(H,31,33)(H,32,34);(H,6,7). The Balaban J connectivity index is 0.000000821. The largest absolute Gasteiger partial charge is 0.490 e. The Hall–Kier alpha value is -4.34. The van der Waals surface area contributed by atoms with Crippen LogP contribution in [-0.4, -0.2) is 54.2 Å². The summed E-state index contributed by atoms with van der Waals surface area (Å²) in [5.41, 5.74) is 5.55. The number of benzene rings is 2. The summed E-state index contributed by atoms with van der Waals surface area (Å²) < 4.78 is 83.8. The van der Waals surface area contributed by atoms with Gasteiger partial charge in [-0.25, -0.2) is 4.79 Å². The van der Waals surface area contributed by atoms with Gasteiger partial charge < -0.3 is 30.9 Å². The van der Waals surface area contributed by atoms with Gasteiger partial charge in [0.15, 0.2) is 0 Å². The third kappa shape index (κ3) is 11.8. The van der Waals surface area contributed by atoms with Crippen molar-refractivity contribution in [3.63, 3.8) is 0 Å². The smallest absolute Gasteiger partial charge is 0.490 e. The predicted octanol–water partition coefficient (Wildman–Crippen LogP) is 4.78. The van der Waals surface area contributed by atoms with Crippen molar-refractivity contribution in [1.29, 1.82) is 5.41 Å². The Morgan fingerprint density at radius 3 is 2.21 bits per heavy atom. The highest BCUT2D eigenvalue weighted by Gasteiger charge is 2.38. The van der Waals surface area contributed by atoms with Crippen LogP contribution < -0.4 is 21.1 Å². The molecule has 0 aromatic heterocycles. The number of halogens is 6. The minimum Gasteiger partial charge on any atom is -0.490 e. The van der Waals surface area contributed by atoms with Crippen LogP contribution in [0.1, 0.15) is 55.3 Å². The topological polar surface area (TPSA) is 164 Å². The Morgan fingerprint density at radius 1 is 1.07 bits per heavy atom. The summed E-state index contributed by atoms with van der Waals surface area (Å²) in [5, 5.41) is 19.6. The molecule has 0 saturated carbocycles. The van der Waals surface area contributed by atoms with Crippen molar-refractivity contribution in [2.24, 2.45) is 5.73 Å². The molecule has 16 heteroatoms. The highest BCUT2D eigenvalue weighted by atomic mass is 19.4. The van der Waals surface area contributed by atoms with E-state index in [1.807, 2.05) is 0 Å². The van der Waals surface area contributed by atoms with Crippen molar-refractivity contribution in [3.8, 4) is 5.75 Å². The van der Waals surface area contributed by atoms with Gasteiger partial charge in [-0.15, -0.1) is 0 Å². The number of carboxylic acid groups (broad SMARTS) is 1. The molecule has 236 valence electrons. The van der Waals surface area contributed by atoms with Gasteiger partial charge in [-0.2, -0.15) is 26.3 Å². The van der Waals surface area contributed by atoms with E-state index >= 15 is 0 Å². The summed E-state index contributed by atoms with van der Waals surface area (Å²) in [6.45, 7) is 2.13. The molecular weight excluding hydrogens is 590 g/mol. The van der Waals surface area contributed by atoms with E-state index < -0.39 is 48.2 Å². The summed E-state index contributed by atoms with van der Waals surface area (Å²) in [7, 11) is 0. The number of nitrogen functional groups attached to an aromatic ring is 1. The molecule has 0 radical (unpaired) electrons. The van der Waals surface area contributed by atoms with Crippen LogP contribution in [0.5, 0.6) is 5.75 Å². The zero-order valence-electron chi connectivity index (χ0n) is 22.8. The Bertz CT molecular complexity index is 1280. The Labute approximate surface area is 242 Å². The number of hydrogen-bond donors (Lipinski definition) is 5. The molecule has 2 aromatic carbocycles. The lowest BCUT2D eigenvalue weighted by molar-refractivity contribution is -0.192. The second-order valence-electron chi connectivity index (χ2n) is 9.36. The number of nitrogens with two attached hydrogens (primary N) is 1. The van der Waals surface area contributed by atoms with Crippen LogP contribution in [0.3, 0.4) is 0 Å². The van der Waals surface area contributed by atoms with Crippen molar-refractivity contribution in [2.75, 3.05) is 18.5 Å². The first kappa shape index (κ1) is 34.9. The fourth-order valence-corrected chi connectivity index (χ4v) is 3.75. The highest BCUT2D eigenvalue weighted by molar-refractivity contribution is 6.04. The number of carbonyl (C=O) groups excluding carboxylic acids is 2. The van der Waals surface area contributed by atoms with Crippen molar-refractivity contribution >= 4 is 29.3 Å². The maximum Gasteiger partial charge on any atom is 0.490 e. The number of anilines is 1. The third-order valence-electron chi connectivity index (χ3n) is 5.93. The summed E-state index contributed by atoms with van der Waals surface area (Å²) in [4.78, 5) is 33.4. The van der Waals surface area contributed by atoms with Gasteiger partial charge in [0.2, 0.25) is 11.8 Å². The number of amidine groups is 1. The maximum absolute atomic E-state index is 13.7. The molecule has 1 heterocycles. The van der Waals surface area contributed by atoms with Crippen LogP contribution in [0.4, 0.5) is 32.0 Å². The fourth-order valence-electron chi connectivity index (χ4n) is 3.75. The minimum atomic E-state index is -5.08.